The lowest BCUT2D eigenvalue weighted by molar-refractivity contribution is 0.112. The molecule has 0 radical (unpaired) electrons. The van der Waals surface area contributed by atoms with Gasteiger partial charge in [-0.15, -0.1) is 0 Å². The maximum atomic E-state index is 5.48. The zero-order valence-corrected chi connectivity index (χ0v) is 12.7. The number of nitrogens with zero attached hydrogens (tertiary/aromatic N) is 1. The molecule has 0 amide bonds. The summed E-state index contributed by atoms with van der Waals surface area (Å²) in [5.41, 5.74) is 0. The fourth-order valence-corrected chi connectivity index (χ4v) is 3.85. The topological polar surface area (TPSA) is 28.4 Å². The molecule has 0 bridgehead atoms. The molecule has 2 aliphatic rings. The van der Waals surface area contributed by atoms with Gasteiger partial charge in [-0.1, -0.05) is 19.3 Å². The maximum Gasteiger partial charge on any atom is 0.120 e. The number of furan rings is 1. The summed E-state index contributed by atoms with van der Waals surface area (Å²) in [6, 6.07) is 5.90. The molecule has 1 atom stereocenters. The van der Waals surface area contributed by atoms with Gasteiger partial charge in [-0.3, -0.25) is 0 Å². The number of hydrogen-bond acceptors (Lipinski definition) is 3. The van der Waals surface area contributed by atoms with Crippen LogP contribution in [-0.2, 0) is 0 Å². The summed E-state index contributed by atoms with van der Waals surface area (Å²) in [5.74, 6) is 1.06. The smallest absolute Gasteiger partial charge is 0.120 e. The highest BCUT2D eigenvalue weighted by Crippen LogP contribution is 2.26. The Kier molecular flexibility index (Phi) is 4.79. The fraction of sp³-hybridized carbons (Fsp3) is 0.765. The average molecular weight is 276 g/mol. The lowest BCUT2D eigenvalue weighted by atomic mass is 9.92. The number of piperidine rings is 1. The molecule has 20 heavy (non-hydrogen) atoms. The van der Waals surface area contributed by atoms with E-state index in [1.54, 1.807) is 6.26 Å². The second kappa shape index (κ2) is 6.77. The third-order valence-electron chi connectivity index (χ3n) is 5.08. The molecule has 1 aliphatic heterocycles. The van der Waals surface area contributed by atoms with Crippen molar-refractivity contribution in [1.82, 2.24) is 10.2 Å². The first kappa shape index (κ1) is 14.2. The summed E-state index contributed by atoms with van der Waals surface area (Å²) in [6.45, 7) is 4.74. The van der Waals surface area contributed by atoms with Gasteiger partial charge < -0.3 is 14.6 Å². The summed E-state index contributed by atoms with van der Waals surface area (Å²) in [4.78, 5) is 2.74. The van der Waals surface area contributed by atoms with Crippen molar-refractivity contribution in [3.63, 3.8) is 0 Å². The Morgan fingerprint density at radius 2 is 1.90 bits per heavy atom. The Labute approximate surface area is 122 Å². The predicted molar refractivity (Wildman–Crippen MR) is 81.7 cm³/mol. The van der Waals surface area contributed by atoms with Crippen LogP contribution >= 0.6 is 0 Å². The van der Waals surface area contributed by atoms with E-state index in [0.717, 1.165) is 11.8 Å². The highest BCUT2D eigenvalue weighted by molar-refractivity contribution is 5.03. The second-order valence-electron chi connectivity index (χ2n) is 6.51. The molecular weight excluding hydrogens is 248 g/mol. The number of rotatable bonds is 4. The molecule has 1 saturated carbocycles. The molecule has 2 heterocycles. The molecule has 0 aromatic carbocycles. The molecule has 1 saturated heterocycles. The van der Waals surface area contributed by atoms with Crippen LogP contribution in [0.1, 0.15) is 63.7 Å². The van der Waals surface area contributed by atoms with Crippen molar-refractivity contribution < 1.29 is 4.42 Å². The first-order valence-corrected chi connectivity index (χ1v) is 8.36. The van der Waals surface area contributed by atoms with Gasteiger partial charge in [0.15, 0.2) is 0 Å². The summed E-state index contributed by atoms with van der Waals surface area (Å²) >= 11 is 0. The molecule has 2 fully saturated rings. The summed E-state index contributed by atoms with van der Waals surface area (Å²) < 4.78 is 5.48. The second-order valence-corrected chi connectivity index (χ2v) is 6.51. The average Bonchev–Trinajstić information content (AvgIpc) is 3.03. The lowest BCUT2D eigenvalue weighted by Gasteiger charge is -2.40. The third kappa shape index (κ3) is 3.44. The first-order valence-electron chi connectivity index (χ1n) is 8.36. The van der Waals surface area contributed by atoms with Crippen molar-refractivity contribution in [2.75, 3.05) is 13.1 Å². The Morgan fingerprint density at radius 3 is 2.55 bits per heavy atom. The van der Waals surface area contributed by atoms with Gasteiger partial charge in [-0.25, -0.2) is 0 Å². The van der Waals surface area contributed by atoms with E-state index in [0.29, 0.717) is 12.1 Å². The van der Waals surface area contributed by atoms with Crippen molar-refractivity contribution in [3.8, 4) is 0 Å². The summed E-state index contributed by atoms with van der Waals surface area (Å²) in [6.07, 6.45) is 11.5. The Hall–Kier alpha value is -0.800. The van der Waals surface area contributed by atoms with E-state index in [9.17, 15) is 0 Å². The maximum absolute atomic E-state index is 5.48. The standard InChI is InChI=1S/C17H28N2O/c1-14(17-8-5-13-20-17)18-15-9-11-19(12-10-15)16-6-3-2-4-7-16/h5,8,13-16,18H,2-4,6-7,9-12H2,1H3/t14-/m0/s1. The van der Waals surface area contributed by atoms with Gasteiger partial charge in [0.1, 0.15) is 5.76 Å². The number of nitrogens with one attached hydrogen (secondary N) is 1. The Morgan fingerprint density at radius 1 is 1.15 bits per heavy atom. The predicted octanol–water partition coefficient (Wildman–Crippen LogP) is 3.73. The minimum atomic E-state index is 0.330. The van der Waals surface area contributed by atoms with Gasteiger partial charge in [0.2, 0.25) is 0 Å². The van der Waals surface area contributed by atoms with E-state index in [2.05, 4.69) is 23.2 Å². The van der Waals surface area contributed by atoms with Gasteiger partial charge in [0.05, 0.1) is 12.3 Å². The monoisotopic (exact) mass is 276 g/mol. The highest BCUT2D eigenvalue weighted by atomic mass is 16.3. The van der Waals surface area contributed by atoms with Gasteiger partial charge in [0.25, 0.3) is 0 Å². The van der Waals surface area contributed by atoms with Crippen LogP contribution in [0.2, 0.25) is 0 Å². The highest BCUT2D eigenvalue weighted by Gasteiger charge is 2.26. The van der Waals surface area contributed by atoms with Crippen LogP contribution < -0.4 is 5.32 Å². The Bertz CT molecular complexity index is 376. The molecule has 1 aromatic heterocycles. The van der Waals surface area contributed by atoms with Crippen LogP contribution in [0, 0.1) is 0 Å². The van der Waals surface area contributed by atoms with Gasteiger partial charge >= 0.3 is 0 Å². The van der Waals surface area contributed by atoms with Crippen molar-refractivity contribution in [1.29, 1.82) is 0 Å². The van der Waals surface area contributed by atoms with Crippen molar-refractivity contribution in [2.24, 2.45) is 0 Å². The summed E-state index contributed by atoms with van der Waals surface area (Å²) in [5, 5.41) is 3.72. The molecule has 112 valence electrons. The van der Waals surface area contributed by atoms with Gasteiger partial charge in [0, 0.05) is 12.1 Å². The quantitative estimate of drug-likeness (QED) is 0.908. The van der Waals surface area contributed by atoms with E-state index in [-0.39, 0.29) is 0 Å². The zero-order valence-electron chi connectivity index (χ0n) is 12.7. The first-order chi connectivity index (χ1) is 9.83. The molecule has 3 rings (SSSR count). The van der Waals surface area contributed by atoms with E-state index < -0.39 is 0 Å². The molecule has 0 spiro atoms. The van der Waals surface area contributed by atoms with Crippen LogP contribution in [-0.4, -0.2) is 30.1 Å². The van der Waals surface area contributed by atoms with Crippen molar-refractivity contribution >= 4 is 0 Å². The molecule has 3 heteroatoms. The van der Waals surface area contributed by atoms with Crippen LogP contribution in [0.15, 0.2) is 22.8 Å². The molecule has 1 aromatic rings. The molecule has 1 aliphatic carbocycles. The normalized spacial score (nSPS) is 24.9. The number of likely N-dealkylation sites (tertiary alicyclic amines) is 1. The van der Waals surface area contributed by atoms with Gasteiger partial charge in [-0.2, -0.15) is 0 Å². The van der Waals surface area contributed by atoms with E-state index in [1.165, 1.54) is 58.0 Å². The summed E-state index contributed by atoms with van der Waals surface area (Å²) in [7, 11) is 0. The van der Waals surface area contributed by atoms with Crippen LogP contribution in [0.3, 0.4) is 0 Å². The van der Waals surface area contributed by atoms with Crippen LogP contribution in [0.4, 0.5) is 0 Å². The largest absolute Gasteiger partial charge is 0.468 e. The minimum absolute atomic E-state index is 0.330. The Balaban J connectivity index is 1.44. The SMILES string of the molecule is C[C@H](NC1CCN(C2CCCCC2)CC1)c1ccco1. The van der Waals surface area contributed by atoms with E-state index in [1.807, 2.05) is 6.07 Å². The van der Waals surface area contributed by atoms with E-state index >= 15 is 0 Å². The molecular formula is C17H28N2O. The third-order valence-corrected chi connectivity index (χ3v) is 5.08. The fourth-order valence-electron chi connectivity index (χ4n) is 3.85. The lowest BCUT2D eigenvalue weighted by Crippen LogP contribution is -2.47. The molecule has 0 unspecified atom stereocenters. The van der Waals surface area contributed by atoms with Crippen molar-refractivity contribution in [2.45, 2.75) is 70.0 Å². The number of hydrogen-bond donors (Lipinski definition) is 1. The zero-order chi connectivity index (χ0) is 13.8. The molecule has 3 nitrogen and oxygen atoms in total. The minimum Gasteiger partial charge on any atom is -0.468 e. The van der Waals surface area contributed by atoms with Crippen LogP contribution in [0.25, 0.3) is 0 Å². The van der Waals surface area contributed by atoms with Crippen molar-refractivity contribution in [3.05, 3.63) is 24.2 Å². The molecule has 1 N–H and O–H groups in total. The van der Waals surface area contributed by atoms with Gasteiger partial charge in [-0.05, 0) is 57.8 Å². The van der Waals surface area contributed by atoms with Crippen LogP contribution in [0.5, 0.6) is 0 Å². The van der Waals surface area contributed by atoms with E-state index in [4.69, 9.17) is 4.42 Å².